The van der Waals surface area contributed by atoms with Gasteiger partial charge in [-0.05, 0) is 46.6 Å². The van der Waals surface area contributed by atoms with Crippen LogP contribution in [0.5, 0.6) is 5.75 Å². The minimum Gasteiger partial charge on any atom is -0.489 e. The fourth-order valence-corrected chi connectivity index (χ4v) is 2.30. The van der Waals surface area contributed by atoms with Crippen molar-refractivity contribution in [2.45, 2.75) is 64.0 Å². The van der Waals surface area contributed by atoms with E-state index in [1.165, 1.54) is 6.07 Å². The van der Waals surface area contributed by atoms with Gasteiger partial charge in [0, 0.05) is 11.7 Å². The number of rotatable bonds is 3. The monoisotopic (exact) mass is 329 g/mol. The Morgan fingerprint density at radius 3 is 2.22 bits per heavy atom. The molecule has 0 spiro atoms. The molecule has 0 N–H and O–H groups in total. The van der Waals surface area contributed by atoms with Crippen molar-refractivity contribution >= 4 is 12.6 Å². The molecule has 1 saturated carbocycles. The third-order valence-electron chi connectivity index (χ3n) is 4.52. The number of halogens is 3. The largest absolute Gasteiger partial charge is 0.498 e. The third-order valence-corrected chi connectivity index (χ3v) is 4.52. The maximum Gasteiger partial charge on any atom is 0.498 e. The lowest BCUT2D eigenvalue weighted by molar-refractivity contribution is -0.142. The van der Waals surface area contributed by atoms with Gasteiger partial charge in [-0.15, -0.1) is 0 Å². The Kier molecular flexibility index (Phi) is 3.68. The second kappa shape index (κ2) is 5.11. The first-order valence-corrected chi connectivity index (χ1v) is 7.60. The van der Waals surface area contributed by atoms with Gasteiger partial charge in [0.25, 0.3) is 0 Å². The number of nitrogens with zero attached hydrogens (tertiary/aromatic N) is 1. The summed E-state index contributed by atoms with van der Waals surface area (Å²) in [7, 11) is -0.919. The molecular formula is C15H19BF3NO3. The average molecular weight is 329 g/mol. The Morgan fingerprint density at radius 1 is 1.17 bits per heavy atom. The van der Waals surface area contributed by atoms with E-state index in [2.05, 4.69) is 4.98 Å². The molecule has 8 heteroatoms. The first kappa shape index (κ1) is 16.6. The minimum absolute atomic E-state index is 0.193. The smallest absolute Gasteiger partial charge is 0.489 e. The molecule has 2 fully saturated rings. The average Bonchev–Trinajstić information content (AvgIpc) is 3.16. The van der Waals surface area contributed by atoms with Crippen LogP contribution >= 0.6 is 0 Å². The fraction of sp³-hybridized carbons (Fsp3) is 0.667. The third kappa shape index (κ3) is 3.06. The van der Waals surface area contributed by atoms with E-state index in [9.17, 15) is 13.2 Å². The molecule has 0 unspecified atom stereocenters. The summed E-state index contributed by atoms with van der Waals surface area (Å²) in [6, 6.07) is 1.47. The van der Waals surface area contributed by atoms with Crippen molar-refractivity contribution in [3.63, 3.8) is 0 Å². The number of hydrogen-bond acceptors (Lipinski definition) is 4. The Morgan fingerprint density at radius 2 is 1.74 bits per heavy atom. The van der Waals surface area contributed by atoms with E-state index in [4.69, 9.17) is 14.0 Å². The van der Waals surface area contributed by atoms with Crippen molar-refractivity contribution in [2.24, 2.45) is 0 Å². The molecule has 1 aliphatic carbocycles. The molecule has 1 saturated heterocycles. The molecule has 1 aromatic rings. The van der Waals surface area contributed by atoms with Crippen LogP contribution in [0.1, 0.15) is 46.2 Å². The molecule has 0 bridgehead atoms. The predicted molar refractivity (Wildman–Crippen MR) is 78.6 cm³/mol. The Labute approximate surface area is 133 Å². The molecule has 1 aliphatic heterocycles. The van der Waals surface area contributed by atoms with Crippen LogP contribution < -0.4 is 10.2 Å². The van der Waals surface area contributed by atoms with Crippen molar-refractivity contribution in [3.8, 4) is 5.75 Å². The van der Waals surface area contributed by atoms with Gasteiger partial charge in [-0.3, -0.25) is 0 Å². The van der Waals surface area contributed by atoms with Gasteiger partial charge in [-0.1, -0.05) is 0 Å². The molecule has 126 valence electrons. The second-order valence-corrected chi connectivity index (χ2v) is 6.98. The van der Waals surface area contributed by atoms with Crippen LogP contribution in [-0.2, 0) is 15.5 Å². The van der Waals surface area contributed by atoms with E-state index >= 15 is 0 Å². The number of ether oxygens (including phenoxy) is 1. The van der Waals surface area contributed by atoms with E-state index in [0.29, 0.717) is 0 Å². The molecule has 23 heavy (non-hydrogen) atoms. The van der Waals surface area contributed by atoms with Crippen LogP contribution in [0, 0.1) is 0 Å². The van der Waals surface area contributed by atoms with E-state index in [1.807, 2.05) is 27.7 Å². The van der Waals surface area contributed by atoms with E-state index < -0.39 is 30.2 Å². The molecule has 0 radical (unpaired) electrons. The van der Waals surface area contributed by atoms with Gasteiger partial charge >= 0.3 is 13.3 Å². The first-order chi connectivity index (χ1) is 10.5. The molecule has 0 atom stereocenters. The van der Waals surface area contributed by atoms with Gasteiger partial charge < -0.3 is 14.0 Å². The van der Waals surface area contributed by atoms with Crippen molar-refractivity contribution < 1.29 is 27.2 Å². The fourth-order valence-electron chi connectivity index (χ4n) is 2.30. The van der Waals surface area contributed by atoms with Crippen molar-refractivity contribution in [3.05, 3.63) is 18.0 Å². The zero-order valence-electron chi connectivity index (χ0n) is 13.5. The highest BCUT2D eigenvalue weighted by Gasteiger charge is 2.53. The maximum absolute atomic E-state index is 13.3. The van der Waals surface area contributed by atoms with Gasteiger partial charge in [0.05, 0.1) is 17.3 Å². The number of hydrogen-bond donors (Lipinski definition) is 0. The lowest BCUT2D eigenvalue weighted by Crippen LogP contribution is -2.41. The van der Waals surface area contributed by atoms with Gasteiger partial charge in [0.2, 0.25) is 0 Å². The lowest BCUT2D eigenvalue weighted by atomic mass is 9.78. The summed E-state index contributed by atoms with van der Waals surface area (Å²) in [5.41, 5.74) is -2.08. The van der Waals surface area contributed by atoms with Gasteiger partial charge in [0.1, 0.15) is 5.75 Å². The summed E-state index contributed by atoms with van der Waals surface area (Å²) >= 11 is 0. The minimum atomic E-state index is -4.59. The highest BCUT2D eigenvalue weighted by Crippen LogP contribution is 2.40. The maximum atomic E-state index is 13.3. The molecule has 1 aromatic heterocycles. The molecule has 3 rings (SSSR count). The van der Waals surface area contributed by atoms with Crippen molar-refractivity contribution in [1.82, 2.24) is 4.98 Å². The van der Waals surface area contributed by atoms with E-state index in [-0.39, 0.29) is 17.3 Å². The van der Waals surface area contributed by atoms with Gasteiger partial charge in [-0.25, -0.2) is 4.98 Å². The first-order valence-electron chi connectivity index (χ1n) is 7.60. The molecular weight excluding hydrogens is 310 g/mol. The summed E-state index contributed by atoms with van der Waals surface area (Å²) in [5, 5.41) is 0. The topological polar surface area (TPSA) is 40.6 Å². The summed E-state index contributed by atoms with van der Waals surface area (Å²) in [5.74, 6) is -0.277. The van der Waals surface area contributed by atoms with E-state index in [1.54, 1.807) is 0 Å². The zero-order valence-corrected chi connectivity index (χ0v) is 13.5. The van der Waals surface area contributed by atoms with E-state index in [0.717, 1.165) is 19.0 Å². The van der Waals surface area contributed by atoms with Crippen LogP contribution in [0.25, 0.3) is 0 Å². The lowest BCUT2D eigenvalue weighted by Gasteiger charge is -2.32. The van der Waals surface area contributed by atoms with Gasteiger partial charge in [0.15, 0.2) is 5.69 Å². The molecule has 2 heterocycles. The molecule has 0 amide bonds. The highest BCUT2D eigenvalue weighted by molar-refractivity contribution is 6.63. The molecule has 4 nitrogen and oxygen atoms in total. The summed E-state index contributed by atoms with van der Waals surface area (Å²) in [6.45, 7) is 7.39. The van der Waals surface area contributed by atoms with Crippen LogP contribution in [0.2, 0.25) is 0 Å². The predicted octanol–water partition coefficient (Wildman–Crippen LogP) is 2.94. The van der Waals surface area contributed by atoms with Crippen molar-refractivity contribution in [2.75, 3.05) is 0 Å². The summed E-state index contributed by atoms with van der Waals surface area (Å²) in [4.78, 5) is 3.47. The summed E-state index contributed by atoms with van der Waals surface area (Å²) in [6.07, 6.45) is -2.18. The quantitative estimate of drug-likeness (QED) is 0.800. The summed E-state index contributed by atoms with van der Waals surface area (Å²) < 4.78 is 57.0. The van der Waals surface area contributed by atoms with Crippen LogP contribution in [0.3, 0.4) is 0 Å². The van der Waals surface area contributed by atoms with Gasteiger partial charge in [-0.2, -0.15) is 13.2 Å². The Bertz CT molecular complexity index is 598. The molecule has 0 aromatic carbocycles. The van der Waals surface area contributed by atoms with Crippen LogP contribution in [0.15, 0.2) is 12.3 Å². The Balaban J connectivity index is 2.02. The number of pyridine rings is 1. The zero-order chi connectivity index (χ0) is 17.0. The second-order valence-electron chi connectivity index (χ2n) is 6.98. The molecule has 2 aliphatic rings. The number of alkyl halides is 3. The number of aromatic nitrogens is 1. The SMILES string of the molecule is CC1(C)OB(c2ccnc(C(F)(F)F)c2OC2CC2)OC1(C)C. The normalized spacial score (nSPS) is 23.2. The Hall–Kier alpha value is -1.28. The van der Waals surface area contributed by atoms with Crippen molar-refractivity contribution in [1.29, 1.82) is 0 Å². The van der Waals surface area contributed by atoms with Crippen LogP contribution in [0.4, 0.5) is 13.2 Å². The standard InChI is InChI=1S/C15H19BF3NO3/c1-13(2)14(3,4)23-16(22-13)10-7-8-20-12(15(17,18)19)11(10)21-9-5-6-9/h7-9H,5-6H2,1-4H3. The highest BCUT2D eigenvalue weighted by atomic mass is 19.4. The van der Waals surface area contributed by atoms with Crippen LogP contribution in [-0.4, -0.2) is 29.4 Å².